The van der Waals surface area contributed by atoms with Crippen LogP contribution in [0.25, 0.3) is 0 Å². The van der Waals surface area contributed by atoms with Gasteiger partial charge in [0, 0.05) is 13.1 Å². The molecule has 1 aliphatic carbocycles. The molecule has 4 nitrogen and oxygen atoms in total. The Kier molecular flexibility index (Phi) is 3.82. The minimum absolute atomic E-state index is 0.106. The Morgan fingerprint density at radius 1 is 1.38 bits per heavy atom. The summed E-state index contributed by atoms with van der Waals surface area (Å²) >= 11 is 6.40. The first-order valence-corrected chi connectivity index (χ1v) is 8.18. The third kappa shape index (κ3) is 2.39. The van der Waals surface area contributed by atoms with Crippen LogP contribution in [0.2, 0.25) is 0 Å². The monoisotopic (exact) mass is 307 g/mol. The Morgan fingerprint density at radius 3 is 2.67 bits per heavy atom. The van der Waals surface area contributed by atoms with Crippen molar-refractivity contribution in [1.82, 2.24) is 9.80 Å². The van der Waals surface area contributed by atoms with E-state index < -0.39 is 0 Å². The number of hydrogen-bond donors (Lipinski definition) is 0. The Labute approximate surface area is 131 Å². The summed E-state index contributed by atoms with van der Waals surface area (Å²) in [5.41, 5.74) is 2.05. The van der Waals surface area contributed by atoms with Crippen molar-refractivity contribution < 1.29 is 4.79 Å². The van der Waals surface area contributed by atoms with Gasteiger partial charge in [-0.2, -0.15) is 0 Å². The molecule has 1 amide bonds. The maximum atomic E-state index is 12.6. The van der Waals surface area contributed by atoms with Gasteiger partial charge in [0.2, 0.25) is 5.91 Å². The Morgan fingerprint density at radius 2 is 2.10 bits per heavy atom. The first-order chi connectivity index (χ1) is 10.1. The van der Waals surface area contributed by atoms with Gasteiger partial charge in [0.05, 0.1) is 5.70 Å². The van der Waals surface area contributed by atoms with Crippen molar-refractivity contribution in [3.8, 4) is 0 Å². The molecule has 114 valence electrons. The highest BCUT2D eigenvalue weighted by Crippen LogP contribution is 2.37. The second-order valence-corrected chi connectivity index (χ2v) is 6.29. The number of allylic oxidation sites excluding steroid dienone is 2. The molecular formula is C16H22ClN3O. The van der Waals surface area contributed by atoms with E-state index in [1.165, 1.54) is 0 Å². The fourth-order valence-electron chi connectivity index (χ4n) is 3.15. The molecule has 3 rings (SSSR count). The highest BCUT2D eigenvalue weighted by Gasteiger charge is 2.45. The largest absolute Gasteiger partial charge is 0.340 e. The average molecular weight is 308 g/mol. The number of nitrogens with zero attached hydrogens (tertiary/aromatic N) is 3. The normalized spacial score (nSPS) is 26.5. The van der Waals surface area contributed by atoms with E-state index in [0.29, 0.717) is 11.2 Å². The topological polar surface area (TPSA) is 35.9 Å². The first-order valence-electron chi connectivity index (χ1n) is 7.81. The van der Waals surface area contributed by atoms with E-state index in [-0.39, 0.29) is 11.9 Å². The molecule has 0 aromatic rings. The van der Waals surface area contributed by atoms with Gasteiger partial charge in [-0.05, 0) is 37.7 Å². The molecule has 2 fully saturated rings. The Balaban J connectivity index is 2.09. The summed E-state index contributed by atoms with van der Waals surface area (Å²) in [5.74, 6) is 1.06. The lowest BCUT2D eigenvalue weighted by Crippen LogP contribution is -2.58. The number of amidine groups is 1. The van der Waals surface area contributed by atoms with Crippen LogP contribution < -0.4 is 0 Å². The number of piperazine rings is 1. The lowest BCUT2D eigenvalue weighted by atomic mass is 10.0. The number of likely N-dealkylation sites (N-methyl/N-ethyl adjacent to an activating group) is 1. The molecule has 0 N–H and O–H groups in total. The van der Waals surface area contributed by atoms with E-state index in [4.69, 9.17) is 16.6 Å². The lowest BCUT2D eigenvalue weighted by Gasteiger charge is -2.42. The smallest absolute Gasteiger partial charge is 0.249 e. The molecule has 0 aromatic heterocycles. The summed E-state index contributed by atoms with van der Waals surface area (Å²) in [6.45, 7) is 4.15. The number of carbonyl (C=O) groups excluding carboxylic acids is 1. The highest BCUT2D eigenvalue weighted by atomic mass is 35.5. The fraction of sp³-hybridized carbons (Fsp3) is 0.625. The molecule has 5 heteroatoms. The summed E-state index contributed by atoms with van der Waals surface area (Å²) in [6, 6.07) is 0.341. The van der Waals surface area contributed by atoms with Crippen molar-refractivity contribution in [1.29, 1.82) is 0 Å². The molecule has 0 radical (unpaired) electrons. The van der Waals surface area contributed by atoms with Crippen molar-refractivity contribution in [2.45, 2.75) is 58.0 Å². The van der Waals surface area contributed by atoms with Gasteiger partial charge < -0.3 is 9.80 Å². The second-order valence-electron chi connectivity index (χ2n) is 5.94. The third-order valence-electron chi connectivity index (χ3n) is 4.58. The standard InChI is InChI=1S/C16H22ClN3O/c1-4-10-6-9-13-15(18-14(10)17)20(11-7-8-11)12(5-2)16(21)19(13)3/h9,11-12H,4-8H2,1-3H3. The Hall–Kier alpha value is -1.29. The number of rotatable bonds is 3. The minimum atomic E-state index is -0.106. The van der Waals surface area contributed by atoms with E-state index in [0.717, 1.165) is 49.2 Å². The van der Waals surface area contributed by atoms with Crippen LogP contribution in [0.3, 0.4) is 0 Å². The van der Waals surface area contributed by atoms with Crippen LogP contribution in [0.5, 0.6) is 0 Å². The molecule has 2 heterocycles. The van der Waals surface area contributed by atoms with Gasteiger partial charge in [-0.25, -0.2) is 4.99 Å². The van der Waals surface area contributed by atoms with Gasteiger partial charge in [-0.1, -0.05) is 31.5 Å². The van der Waals surface area contributed by atoms with Crippen LogP contribution in [0.15, 0.2) is 27.5 Å². The van der Waals surface area contributed by atoms with Crippen LogP contribution in [0, 0.1) is 0 Å². The van der Waals surface area contributed by atoms with Crippen LogP contribution >= 0.6 is 11.6 Å². The van der Waals surface area contributed by atoms with Crippen molar-refractivity contribution in [2.24, 2.45) is 4.99 Å². The first kappa shape index (κ1) is 14.6. The number of amides is 1. The molecule has 1 atom stereocenters. The van der Waals surface area contributed by atoms with Crippen molar-refractivity contribution in [3.63, 3.8) is 0 Å². The number of fused-ring (bicyclic) bond motifs is 1. The summed E-state index contributed by atoms with van der Waals surface area (Å²) in [4.78, 5) is 21.3. The summed E-state index contributed by atoms with van der Waals surface area (Å²) in [5, 5.41) is 0.599. The third-order valence-corrected chi connectivity index (χ3v) is 4.93. The number of aliphatic imine (C=N–C) groups is 1. The van der Waals surface area contributed by atoms with E-state index in [9.17, 15) is 4.79 Å². The summed E-state index contributed by atoms with van der Waals surface area (Å²) in [6.07, 6.45) is 6.84. The highest BCUT2D eigenvalue weighted by molar-refractivity contribution is 6.31. The number of halogens is 1. The molecule has 0 spiro atoms. The zero-order valence-corrected chi connectivity index (χ0v) is 13.7. The fourth-order valence-corrected chi connectivity index (χ4v) is 3.44. The summed E-state index contributed by atoms with van der Waals surface area (Å²) < 4.78 is 0. The van der Waals surface area contributed by atoms with Crippen molar-refractivity contribution in [2.75, 3.05) is 7.05 Å². The van der Waals surface area contributed by atoms with Gasteiger partial charge in [0.25, 0.3) is 0 Å². The molecule has 1 unspecified atom stereocenters. The van der Waals surface area contributed by atoms with Crippen LogP contribution in [0.4, 0.5) is 0 Å². The Bertz CT molecular complexity index is 560. The van der Waals surface area contributed by atoms with Gasteiger partial charge in [0.15, 0.2) is 5.84 Å². The van der Waals surface area contributed by atoms with Crippen molar-refractivity contribution >= 4 is 23.3 Å². The quantitative estimate of drug-likeness (QED) is 0.750. The number of carbonyl (C=O) groups is 1. The predicted octanol–water partition coefficient (Wildman–Crippen LogP) is 3.25. The average Bonchev–Trinajstić information content (AvgIpc) is 3.29. The van der Waals surface area contributed by atoms with Crippen LogP contribution in [-0.2, 0) is 4.79 Å². The van der Waals surface area contributed by atoms with E-state index in [2.05, 4.69) is 24.8 Å². The molecular weight excluding hydrogens is 286 g/mol. The lowest BCUT2D eigenvalue weighted by molar-refractivity contribution is -0.133. The maximum absolute atomic E-state index is 12.6. The molecule has 1 saturated carbocycles. The number of hydrogen-bond acceptors (Lipinski definition) is 3. The van der Waals surface area contributed by atoms with E-state index in [1.807, 2.05) is 7.05 Å². The van der Waals surface area contributed by atoms with Gasteiger partial charge in [0.1, 0.15) is 11.2 Å². The maximum Gasteiger partial charge on any atom is 0.249 e. The van der Waals surface area contributed by atoms with Crippen LogP contribution in [0.1, 0.15) is 46.0 Å². The molecule has 0 bridgehead atoms. The molecule has 3 aliphatic rings. The van der Waals surface area contributed by atoms with Gasteiger partial charge in [-0.3, -0.25) is 4.79 Å². The molecule has 2 aliphatic heterocycles. The molecule has 21 heavy (non-hydrogen) atoms. The SMILES string of the molecule is CCC1=C(Cl)N=C2C(=CC1)N(C)C(=O)C(CC)N2C1CC1. The van der Waals surface area contributed by atoms with E-state index >= 15 is 0 Å². The zero-order chi connectivity index (χ0) is 15.1. The van der Waals surface area contributed by atoms with E-state index in [1.54, 1.807) is 4.90 Å². The molecule has 0 aromatic carbocycles. The predicted molar refractivity (Wildman–Crippen MR) is 85.0 cm³/mol. The summed E-state index contributed by atoms with van der Waals surface area (Å²) in [7, 11) is 1.85. The van der Waals surface area contributed by atoms with Crippen molar-refractivity contribution in [3.05, 3.63) is 22.5 Å². The van der Waals surface area contributed by atoms with Gasteiger partial charge in [-0.15, -0.1) is 0 Å². The molecule has 1 saturated heterocycles. The second kappa shape index (κ2) is 5.48. The zero-order valence-electron chi connectivity index (χ0n) is 12.9. The minimum Gasteiger partial charge on any atom is -0.340 e. The van der Waals surface area contributed by atoms with Crippen LogP contribution in [-0.4, -0.2) is 40.7 Å². The van der Waals surface area contributed by atoms with Gasteiger partial charge >= 0.3 is 0 Å².